The van der Waals surface area contributed by atoms with Gasteiger partial charge in [-0.25, -0.2) is 4.98 Å². The third-order valence-electron chi connectivity index (χ3n) is 2.86. The zero-order chi connectivity index (χ0) is 16.2. The van der Waals surface area contributed by atoms with E-state index in [1.165, 1.54) is 23.6 Å². The molecule has 0 atom stereocenters. The minimum Gasteiger partial charge on any atom is -0.319 e. The first-order valence-corrected chi connectivity index (χ1v) is 7.36. The van der Waals surface area contributed by atoms with E-state index in [0.717, 1.165) is 17.4 Å². The first-order valence-electron chi connectivity index (χ1n) is 6.48. The highest BCUT2D eigenvalue weighted by Crippen LogP contribution is 2.37. The summed E-state index contributed by atoms with van der Waals surface area (Å²) >= 11 is 1.09. The van der Waals surface area contributed by atoms with Gasteiger partial charge >= 0.3 is 6.18 Å². The summed E-state index contributed by atoms with van der Waals surface area (Å²) in [5.41, 5.74) is -0.544. The molecule has 1 aromatic carbocycles. The summed E-state index contributed by atoms with van der Waals surface area (Å²) in [7, 11) is 1.73. The Labute approximate surface area is 141 Å². The van der Waals surface area contributed by atoms with Crippen LogP contribution in [0.3, 0.4) is 0 Å². The van der Waals surface area contributed by atoms with Gasteiger partial charge in [0.2, 0.25) is 5.91 Å². The molecular weight excluding hydrogens is 351 g/mol. The highest BCUT2D eigenvalue weighted by Gasteiger charge is 2.33. The molecule has 0 unspecified atom stereocenters. The molecule has 0 radical (unpaired) electrons. The summed E-state index contributed by atoms with van der Waals surface area (Å²) in [6.45, 7) is 0.515. The van der Waals surface area contributed by atoms with Gasteiger partial charge in [0.1, 0.15) is 0 Å². The summed E-state index contributed by atoms with van der Waals surface area (Å²) < 4.78 is 39.0. The van der Waals surface area contributed by atoms with Crippen molar-refractivity contribution < 1.29 is 18.0 Å². The lowest BCUT2D eigenvalue weighted by Crippen LogP contribution is -2.18. The van der Waals surface area contributed by atoms with Crippen molar-refractivity contribution in [3.63, 3.8) is 0 Å². The number of hydrogen-bond donors (Lipinski definition) is 2. The van der Waals surface area contributed by atoms with E-state index in [0.29, 0.717) is 6.54 Å². The van der Waals surface area contributed by atoms with E-state index in [1.807, 2.05) is 0 Å². The number of hydrogen-bond acceptors (Lipinski definition) is 4. The van der Waals surface area contributed by atoms with E-state index in [1.54, 1.807) is 7.05 Å². The quantitative estimate of drug-likeness (QED) is 0.847. The van der Waals surface area contributed by atoms with Crippen LogP contribution in [0.4, 0.5) is 18.3 Å². The fourth-order valence-corrected chi connectivity index (χ4v) is 2.56. The lowest BCUT2D eigenvalue weighted by atomic mass is 10.1. The van der Waals surface area contributed by atoms with Crippen LogP contribution >= 0.6 is 23.7 Å². The molecule has 2 N–H and O–H groups in total. The molecular formula is C14H15ClF3N3OS. The Hall–Kier alpha value is -1.64. The molecule has 2 rings (SSSR count). The number of nitrogens with one attached hydrogen (secondary N) is 2. The zero-order valence-electron chi connectivity index (χ0n) is 12.1. The van der Waals surface area contributed by atoms with Gasteiger partial charge in [-0.05, 0) is 13.1 Å². The number of nitrogens with zero attached hydrogens (tertiary/aromatic N) is 1. The topological polar surface area (TPSA) is 54.0 Å². The Bertz CT molecular complexity index is 661. The van der Waals surface area contributed by atoms with Crippen LogP contribution < -0.4 is 10.6 Å². The van der Waals surface area contributed by atoms with Crippen LogP contribution in [0.25, 0.3) is 11.3 Å². The van der Waals surface area contributed by atoms with Crippen molar-refractivity contribution in [3.8, 4) is 11.3 Å². The number of carbonyl (C=O) groups excluding carboxylic acids is 1. The van der Waals surface area contributed by atoms with Crippen molar-refractivity contribution in [3.05, 3.63) is 35.2 Å². The van der Waals surface area contributed by atoms with Gasteiger partial charge < -0.3 is 10.6 Å². The summed E-state index contributed by atoms with van der Waals surface area (Å²) in [5, 5.41) is 7.19. The van der Waals surface area contributed by atoms with Crippen LogP contribution in [0.2, 0.25) is 0 Å². The number of benzene rings is 1. The van der Waals surface area contributed by atoms with Gasteiger partial charge in [-0.15, -0.1) is 23.7 Å². The number of carbonyl (C=O) groups is 1. The maximum Gasteiger partial charge on any atom is 0.417 e. The van der Waals surface area contributed by atoms with E-state index >= 15 is 0 Å². The summed E-state index contributed by atoms with van der Waals surface area (Å²) in [5.74, 6) is -0.237. The van der Waals surface area contributed by atoms with Crippen LogP contribution in [-0.2, 0) is 11.0 Å². The molecule has 0 bridgehead atoms. The Morgan fingerprint density at radius 1 is 1.30 bits per heavy atom. The maximum atomic E-state index is 13.0. The first-order chi connectivity index (χ1) is 10.4. The van der Waals surface area contributed by atoms with Crippen LogP contribution in [0.1, 0.15) is 12.0 Å². The summed E-state index contributed by atoms with van der Waals surface area (Å²) in [6, 6.07) is 5.23. The molecule has 0 saturated carbocycles. The third kappa shape index (κ3) is 5.19. The number of alkyl halides is 3. The second-order valence-electron chi connectivity index (χ2n) is 4.48. The number of anilines is 1. The SMILES string of the molecule is CNCCC(=O)Nc1nc(-c2ccccc2C(F)(F)F)cs1.Cl. The highest BCUT2D eigenvalue weighted by atomic mass is 35.5. The van der Waals surface area contributed by atoms with Crippen LogP contribution in [0.5, 0.6) is 0 Å². The maximum absolute atomic E-state index is 13.0. The Kier molecular flexibility index (Phi) is 6.99. The predicted molar refractivity (Wildman–Crippen MR) is 87.0 cm³/mol. The standard InChI is InChI=1S/C14H14F3N3OS.ClH/c1-18-7-6-12(21)20-13-19-11(8-22-13)9-4-2-3-5-10(9)14(15,16)17;/h2-5,8,18H,6-7H2,1H3,(H,19,20,21);1H. The van der Waals surface area contributed by atoms with Crippen molar-refractivity contribution in [2.45, 2.75) is 12.6 Å². The van der Waals surface area contributed by atoms with Gasteiger partial charge in [-0.1, -0.05) is 18.2 Å². The fourth-order valence-electron chi connectivity index (χ4n) is 1.83. The molecule has 1 heterocycles. The van der Waals surface area contributed by atoms with Gasteiger partial charge in [-0.3, -0.25) is 4.79 Å². The van der Waals surface area contributed by atoms with E-state index < -0.39 is 11.7 Å². The molecule has 0 fully saturated rings. The highest BCUT2D eigenvalue weighted by molar-refractivity contribution is 7.14. The molecule has 126 valence electrons. The molecule has 1 amide bonds. The van der Waals surface area contributed by atoms with Crippen molar-refractivity contribution in [2.75, 3.05) is 18.9 Å². The van der Waals surface area contributed by atoms with Gasteiger partial charge in [0.15, 0.2) is 5.13 Å². The molecule has 0 aliphatic rings. The first kappa shape index (κ1) is 19.4. The van der Waals surface area contributed by atoms with Crippen molar-refractivity contribution >= 4 is 34.8 Å². The number of thiazole rings is 1. The van der Waals surface area contributed by atoms with E-state index in [2.05, 4.69) is 15.6 Å². The lowest BCUT2D eigenvalue weighted by Gasteiger charge is -2.10. The fraction of sp³-hybridized carbons (Fsp3) is 0.286. The molecule has 1 aromatic heterocycles. The van der Waals surface area contributed by atoms with E-state index in [-0.39, 0.29) is 41.1 Å². The van der Waals surface area contributed by atoms with Gasteiger partial charge in [0, 0.05) is 23.9 Å². The van der Waals surface area contributed by atoms with Gasteiger partial charge in [-0.2, -0.15) is 13.2 Å². The molecule has 4 nitrogen and oxygen atoms in total. The molecule has 0 spiro atoms. The van der Waals surface area contributed by atoms with Crippen molar-refractivity contribution in [1.82, 2.24) is 10.3 Å². The Morgan fingerprint density at radius 2 is 2.00 bits per heavy atom. The molecule has 0 aliphatic heterocycles. The number of aromatic nitrogens is 1. The Balaban J connectivity index is 0.00000264. The second-order valence-corrected chi connectivity index (χ2v) is 5.34. The van der Waals surface area contributed by atoms with Crippen LogP contribution in [-0.4, -0.2) is 24.5 Å². The van der Waals surface area contributed by atoms with Crippen LogP contribution in [0.15, 0.2) is 29.6 Å². The molecule has 23 heavy (non-hydrogen) atoms. The van der Waals surface area contributed by atoms with Crippen molar-refractivity contribution in [1.29, 1.82) is 0 Å². The molecule has 9 heteroatoms. The monoisotopic (exact) mass is 365 g/mol. The van der Waals surface area contributed by atoms with E-state index in [4.69, 9.17) is 0 Å². The van der Waals surface area contributed by atoms with Gasteiger partial charge in [0.05, 0.1) is 11.3 Å². The zero-order valence-corrected chi connectivity index (χ0v) is 13.7. The molecule has 2 aromatic rings. The van der Waals surface area contributed by atoms with Crippen LogP contribution in [0, 0.1) is 0 Å². The molecule has 0 aliphatic carbocycles. The average molecular weight is 366 g/mol. The van der Waals surface area contributed by atoms with Crippen molar-refractivity contribution in [2.24, 2.45) is 0 Å². The number of amides is 1. The summed E-state index contributed by atoms with van der Waals surface area (Å²) in [6.07, 6.45) is -4.18. The summed E-state index contributed by atoms with van der Waals surface area (Å²) in [4.78, 5) is 15.6. The predicted octanol–water partition coefficient (Wildman–Crippen LogP) is 3.80. The smallest absolute Gasteiger partial charge is 0.319 e. The average Bonchev–Trinajstić information content (AvgIpc) is 2.92. The number of rotatable bonds is 5. The minimum absolute atomic E-state index is 0. The normalized spacial score (nSPS) is 11.0. The minimum atomic E-state index is -4.45. The van der Waals surface area contributed by atoms with Gasteiger partial charge in [0.25, 0.3) is 0 Å². The lowest BCUT2D eigenvalue weighted by molar-refractivity contribution is -0.137. The Morgan fingerprint density at radius 3 is 2.65 bits per heavy atom. The third-order valence-corrected chi connectivity index (χ3v) is 3.62. The second kappa shape index (κ2) is 8.28. The number of halogens is 4. The largest absolute Gasteiger partial charge is 0.417 e. The molecule has 0 saturated heterocycles. The van der Waals surface area contributed by atoms with E-state index in [9.17, 15) is 18.0 Å².